The van der Waals surface area contributed by atoms with Crippen LogP contribution in [0.2, 0.25) is 0 Å². The van der Waals surface area contributed by atoms with Crippen LogP contribution in [0.5, 0.6) is 0 Å². The number of sulfonamides is 1. The van der Waals surface area contributed by atoms with Crippen LogP contribution in [0.3, 0.4) is 0 Å². The Morgan fingerprint density at radius 2 is 2.00 bits per heavy atom. The molecule has 0 radical (unpaired) electrons. The SMILES string of the molecule is CC#CCOC1CCN(S(=O)(=O)CC(c2ccccc2)N(O)C=O)CC1. The first-order valence-electron chi connectivity index (χ1n) is 8.44. The summed E-state index contributed by atoms with van der Waals surface area (Å²) in [5, 5.41) is 10.3. The Hall–Kier alpha value is -1.92. The molecule has 2 rings (SSSR count). The topological polar surface area (TPSA) is 87.2 Å². The number of carbonyl (C=O) groups is 1. The Morgan fingerprint density at radius 3 is 2.58 bits per heavy atom. The van der Waals surface area contributed by atoms with Gasteiger partial charge in [0, 0.05) is 13.1 Å². The summed E-state index contributed by atoms with van der Waals surface area (Å²) in [6.45, 7) is 2.79. The van der Waals surface area contributed by atoms with E-state index in [1.165, 1.54) is 4.31 Å². The van der Waals surface area contributed by atoms with Crippen molar-refractivity contribution in [1.29, 1.82) is 0 Å². The van der Waals surface area contributed by atoms with E-state index in [0.29, 0.717) is 43.2 Å². The third-order valence-corrected chi connectivity index (χ3v) is 6.23. The molecule has 1 unspecified atom stereocenters. The maximum Gasteiger partial charge on any atom is 0.233 e. The monoisotopic (exact) mass is 380 g/mol. The van der Waals surface area contributed by atoms with Gasteiger partial charge in [0.05, 0.1) is 17.9 Å². The highest BCUT2D eigenvalue weighted by Crippen LogP contribution is 2.24. The summed E-state index contributed by atoms with van der Waals surface area (Å²) in [4.78, 5) is 11.0. The molecule has 0 aliphatic carbocycles. The Bertz CT molecular complexity index is 734. The number of amides is 1. The first-order valence-corrected chi connectivity index (χ1v) is 10.1. The summed E-state index contributed by atoms with van der Waals surface area (Å²) < 4.78 is 32.5. The molecular formula is C18H24N2O5S. The summed E-state index contributed by atoms with van der Waals surface area (Å²) >= 11 is 0. The fourth-order valence-electron chi connectivity index (χ4n) is 2.89. The van der Waals surface area contributed by atoms with Gasteiger partial charge in [-0.25, -0.2) is 17.8 Å². The van der Waals surface area contributed by atoms with E-state index in [9.17, 15) is 18.4 Å². The summed E-state index contributed by atoms with van der Waals surface area (Å²) in [7, 11) is -3.65. The van der Waals surface area contributed by atoms with E-state index in [1.807, 2.05) is 0 Å². The maximum atomic E-state index is 12.8. The van der Waals surface area contributed by atoms with Crippen molar-refractivity contribution in [2.24, 2.45) is 0 Å². The fourth-order valence-corrected chi connectivity index (χ4v) is 4.61. The Labute approximate surface area is 154 Å². The number of benzene rings is 1. The van der Waals surface area contributed by atoms with Crippen molar-refractivity contribution in [3.05, 3.63) is 35.9 Å². The first-order chi connectivity index (χ1) is 12.5. The molecule has 7 nitrogen and oxygen atoms in total. The number of piperidine rings is 1. The van der Waals surface area contributed by atoms with Gasteiger partial charge in [-0.2, -0.15) is 0 Å². The van der Waals surface area contributed by atoms with Crippen LogP contribution in [-0.4, -0.2) is 61.0 Å². The van der Waals surface area contributed by atoms with E-state index in [-0.39, 0.29) is 18.3 Å². The van der Waals surface area contributed by atoms with Gasteiger partial charge in [-0.15, -0.1) is 5.92 Å². The minimum atomic E-state index is -3.65. The molecule has 142 valence electrons. The second-order valence-corrected chi connectivity index (χ2v) is 8.04. The van der Waals surface area contributed by atoms with Gasteiger partial charge >= 0.3 is 0 Å². The molecule has 1 amide bonds. The van der Waals surface area contributed by atoms with Crippen LogP contribution in [0.1, 0.15) is 31.4 Å². The smallest absolute Gasteiger partial charge is 0.233 e. The standard InChI is InChI=1S/C18H24N2O5S/c1-2-3-13-25-17-9-11-19(12-10-17)26(23,24)14-18(20(22)15-21)16-7-5-4-6-8-16/h4-8,15,17-18,22H,9-14H2,1H3. The lowest BCUT2D eigenvalue weighted by Gasteiger charge is -2.32. The van der Waals surface area contributed by atoms with Crippen LogP contribution in [-0.2, 0) is 19.6 Å². The van der Waals surface area contributed by atoms with Gasteiger partial charge in [-0.05, 0) is 25.3 Å². The highest BCUT2D eigenvalue weighted by molar-refractivity contribution is 7.89. The predicted octanol–water partition coefficient (Wildman–Crippen LogP) is 1.41. The number of hydrogen-bond acceptors (Lipinski definition) is 5. The lowest BCUT2D eigenvalue weighted by Crippen LogP contribution is -2.44. The highest BCUT2D eigenvalue weighted by Gasteiger charge is 2.32. The molecule has 26 heavy (non-hydrogen) atoms. The minimum Gasteiger partial charge on any atom is -0.365 e. The predicted molar refractivity (Wildman–Crippen MR) is 96.7 cm³/mol. The zero-order chi connectivity index (χ0) is 19.0. The van der Waals surface area contributed by atoms with Crippen molar-refractivity contribution < 1.29 is 23.2 Å². The van der Waals surface area contributed by atoms with Crippen LogP contribution in [0.4, 0.5) is 0 Å². The van der Waals surface area contributed by atoms with E-state index >= 15 is 0 Å². The van der Waals surface area contributed by atoms with Crippen LogP contribution < -0.4 is 0 Å². The molecule has 1 saturated heterocycles. The molecule has 1 fully saturated rings. The summed E-state index contributed by atoms with van der Waals surface area (Å²) in [6, 6.07) is 7.66. The molecule has 1 aliphatic heterocycles. The largest absolute Gasteiger partial charge is 0.365 e. The van der Waals surface area contributed by atoms with Crippen molar-refractivity contribution in [3.63, 3.8) is 0 Å². The van der Waals surface area contributed by atoms with E-state index in [2.05, 4.69) is 11.8 Å². The normalized spacial score (nSPS) is 17.2. The van der Waals surface area contributed by atoms with Crippen LogP contribution in [0.15, 0.2) is 30.3 Å². The number of hydrogen-bond donors (Lipinski definition) is 1. The van der Waals surface area contributed by atoms with Gasteiger partial charge in [-0.1, -0.05) is 36.3 Å². The molecule has 1 aliphatic rings. The van der Waals surface area contributed by atoms with Gasteiger partial charge in [0.2, 0.25) is 16.4 Å². The second kappa shape index (κ2) is 9.69. The lowest BCUT2D eigenvalue weighted by molar-refractivity contribution is -0.159. The first kappa shape index (κ1) is 20.4. The minimum absolute atomic E-state index is 0.00321. The number of rotatable bonds is 8. The second-order valence-electron chi connectivity index (χ2n) is 6.03. The molecule has 1 atom stereocenters. The Kier molecular flexibility index (Phi) is 7.60. The van der Waals surface area contributed by atoms with Crippen molar-refractivity contribution in [3.8, 4) is 11.8 Å². The maximum absolute atomic E-state index is 12.8. The van der Waals surface area contributed by atoms with E-state index in [0.717, 1.165) is 0 Å². The van der Waals surface area contributed by atoms with E-state index < -0.39 is 16.1 Å². The molecule has 0 aromatic heterocycles. The molecule has 1 heterocycles. The molecule has 0 spiro atoms. The third-order valence-electron chi connectivity index (χ3n) is 4.34. The molecule has 1 aromatic rings. The molecule has 1 aromatic carbocycles. The van der Waals surface area contributed by atoms with Gasteiger partial charge in [0.25, 0.3) is 0 Å². The number of nitrogens with zero attached hydrogens (tertiary/aromatic N) is 2. The molecule has 8 heteroatoms. The van der Waals surface area contributed by atoms with Crippen molar-refractivity contribution >= 4 is 16.4 Å². The van der Waals surface area contributed by atoms with Crippen molar-refractivity contribution in [2.75, 3.05) is 25.4 Å². The molecule has 1 N–H and O–H groups in total. The zero-order valence-electron chi connectivity index (χ0n) is 14.7. The van der Waals surface area contributed by atoms with Gasteiger partial charge in [0.15, 0.2) is 0 Å². The van der Waals surface area contributed by atoms with Gasteiger partial charge < -0.3 is 4.74 Å². The Morgan fingerprint density at radius 1 is 1.35 bits per heavy atom. The van der Waals surface area contributed by atoms with Gasteiger partial charge in [-0.3, -0.25) is 10.0 Å². The van der Waals surface area contributed by atoms with E-state index in [4.69, 9.17) is 4.74 Å². The molecular weight excluding hydrogens is 356 g/mol. The third kappa shape index (κ3) is 5.54. The molecule has 0 bridgehead atoms. The number of carbonyl (C=O) groups excluding carboxylic acids is 1. The summed E-state index contributed by atoms with van der Waals surface area (Å²) in [5.41, 5.74) is 0.557. The van der Waals surface area contributed by atoms with Crippen LogP contribution in [0, 0.1) is 11.8 Å². The quantitative estimate of drug-likeness (QED) is 0.319. The highest BCUT2D eigenvalue weighted by atomic mass is 32.2. The fraction of sp³-hybridized carbons (Fsp3) is 0.500. The number of hydroxylamine groups is 2. The average molecular weight is 380 g/mol. The van der Waals surface area contributed by atoms with Crippen molar-refractivity contribution in [2.45, 2.75) is 31.9 Å². The van der Waals surface area contributed by atoms with E-state index in [1.54, 1.807) is 37.3 Å². The lowest BCUT2D eigenvalue weighted by atomic mass is 10.1. The summed E-state index contributed by atoms with van der Waals surface area (Å²) in [6.07, 6.45) is 1.41. The summed E-state index contributed by atoms with van der Waals surface area (Å²) in [5.74, 6) is 5.21. The molecule has 0 saturated carbocycles. The zero-order valence-corrected chi connectivity index (χ0v) is 15.6. The Balaban J connectivity index is 2.02. The number of ether oxygens (including phenoxy) is 1. The van der Waals surface area contributed by atoms with Crippen LogP contribution in [0.25, 0.3) is 0 Å². The average Bonchev–Trinajstić information content (AvgIpc) is 2.67. The van der Waals surface area contributed by atoms with Crippen LogP contribution >= 0.6 is 0 Å². The van der Waals surface area contributed by atoms with Crippen molar-refractivity contribution in [1.82, 2.24) is 9.37 Å². The van der Waals surface area contributed by atoms with Gasteiger partial charge in [0.1, 0.15) is 6.61 Å².